The summed E-state index contributed by atoms with van der Waals surface area (Å²) in [6, 6.07) is 9.81. The average molecular weight is 480 g/mol. The fourth-order valence-electron chi connectivity index (χ4n) is 4.61. The van der Waals surface area contributed by atoms with E-state index in [-0.39, 0.29) is 24.1 Å². The monoisotopic (exact) mass is 479 g/mol. The highest BCUT2D eigenvalue weighted by atomic mass is 32.1. The lowest BCUT2D eigenvalue weighted by Crippen LogP contribution is -2.36. The largest absolute Gasteiger partial charge is 0.486 e. The molecule has 0 radical (unpaired) electrons. The summed E-state index contributed by atoms with van der Waals surface area (Å²) in [5, 5.41) is 4.54. The van der Waals surface area contributed by atoms with Crippen LogP contribution in [0.1, 0.15) is 24.4 Å². The molecule has 7 nitrogen and oxygen atoms in total. The third kappa shape index (κ3) is 3.61. The number of rotatable bonds is 4. The summed E-state index contributed by atoms with van der Waals surface area (Å²) in [6.07, 6.45) is 3.29. The molecule has 5 heterocycles. The van der Waals surface area contributed by atoms with Gasteiger partial charge in [-0.25, -0.2) is 4.98 Å². The average Bonchev–Trinajstić information content (AvgIpc) is 3.60. The number of thiophene rings is 2. The lowest BCUT2D eigenvalue weighted by Gasteiger charge is -2.27. The lowest BCUT2D eigenvalue weighted by atomic mass is 10.0. The zero-order chi connectivity index (χ0) is 22.4. The number of carbonyl (C=O) groups is 1. The Kier molecular flexibility index (Phi) is 5.15. The van der Waals surface area contributed by atoms with Gasteiger partial charge in [0.25, 0.3) is 5.56 Å². The van der Waals surface area contributed by atoms with Gasteiger partial charge in [0.1, 0.15) is 24.6 Å². The molecule has 3 aromatic heterocycles. The molecule has 168 valence electrons. The van der Waals surface area contributed by atoms with Crippen LogP contribution in [0.5, 0.6) is 11.5 Å². The third-order valence-electron chi connectivity index (χ3n) is 6.18. The van der Waals surface area contributed by atoms with E-state index in [1.54, 1.807) is 11.3 Å². The van der Waals surface area contributed by atoms with Crippen LogP contribution in [0.3, 0.4) is 0 Å². The zero-order valence-corrected chi connectivity index (χ0v) is 19.4. The molecule has 2 aliphatic rings. The van der Waals surface area contributed by atoms with Gasteiger partial charge in [-0.15, -0.1) is 22.7 Å². The van der Waals surface area contributed by atoms with Crippen molar-refractivity contribution in [3.8, 4) is 21.9 Å². The van der Waals surface area contributed by atoms with Gasteiger partial charge in [0.2, 0.25) is 5.91 Å². The van der Waals surface area contributed by atoms with Crippen molar-refractivity contribution in [2.24, 2.45) is 0 Å². The van der Waals surface area contributed by atoms with Crippen molar-refractivity contribution >= 4 is 38.8 Å². The molecule has 1 unspecified atom stereocenters. The number of likely N-dealkylation sites (tertiary alicyclic amines) is 1. The van der Waals surface area contributed by atoms with Crippen LogP contribution in [0.25, 0.3) is 20.7 Å². The first-order valence-corrected chi connectivity index (χ1v) is 12.6. The summed E-state index contributed by atoms with van der Waals surface area (Å²) in [6.45, 7) is 1.72. The number of carbonyl (C=O) groups excluding carboxylic acids is 1. The topological polar surface area (TPSA) is 73.7 Å². The van der Waals surface area contributed by atoms with E-state index < -0.39 is 0 Å². The maximum absolute atomic E-state index is 13.3. The van der Waals surface area contributed by atoms with E-state index in [1.165, 1.54) is 22.2 Å². The summed E-state index contributed by atoms with van der Waals surface area (Å²) < 4.78 is 12.8. The standard InChI is InChI=1S/C24H21N3O4S2/c28-21(27-7-1-3-17(27)15-5-6-18-19(11-15)31-9-8-30-18)12-26-14-25-23-22(24(26)29)16(13-33-23)20-4-2-10-32-20/h2,4-6,10-11,13-14,17H,1,3,7-9,12H2. The van der Waals surface area contributed by atoms with Crippen molar-refractivity contribution in [1.82, 2.24) is 14.5 Å². The summed E-state index contributed by atoms with van der Waals surface area (Å²) in [5.41, 5.74) is 1.75. The molecule has 1 amide bonds. The predicted molar refractivity (Wildman–Crippen MR) is 128 cm³/mol. The fraction of sp³-hybridized carbons (Fsp3) is 0.292. The van der Waals surface area contributed by atoms with Gasteiger partial charge in [0.15, 0.2) is 11.5 Å². The van der Waals surface area contributed by atoms with Crippen LogP contribution in [0, 0.1) is 0 Å². The van der Waals surface area contributed by atoms with Crippen LogP contribution in [-0.4, -0.2) is 40.1 Å². The van der Waals surface area contributed by atoms with Crippen LogP contribution in [-0.2, 0) is 11.3 Å². The molecule has 0 bridgehead atoms. The number of aromatic nitrogens is 2. The summed E-state index contributed by atoms with van der Waals surface area (Å²) in [7, 11) is 0. The van der Waals surface area contributed by atoms with Gasteiger partial charge < -0.3 is 14.4 Å². The lowest BCUT2D eigenvalue weighted by molar-refractivity contribution is -0.132. The Morgan fingerprint density at radius 1 is 1.15 bits per heavy atom. The summed E-state index contributed by atoms with van der Waals surface area (Å²) in [4.78, 5) is 34.7. The molecule has 9 heteroatoms. The number of hydrogen-bond acceptors (Lipinski definition) is 7. The molecular formula is C24H21N3O4S2. The fourth-order valence-corrected chi connectivity index (χ4v) is 6.33. The Bertz CT molecular complexity index is 1390. The van der Waals surface area contributed by atoms with Crippen LogP contribution in [0.2, 0.25) is 0 Å². The van der Waals surface area contributed by atoms with Gasteiger partial charge in [-0.3, -0.25) is 14.2 Å². The highest BCUT2D eigenvalue weighted by molar-refractivity contribution is 7.18. The van der Waals surface area contributed by atoms with Gasteiger partial charge in [-0.2, -0.15) is 0 Å². The number of benzene rings is 1. The van der Waals surface area contributed by atoms with Crippen molar-refractivity contribution in [1.29, 1.82) is 0 Å². The van der Waals surface area contributed by atoms with E-state index in [9.17, 15) is 9.59 Å². The van der Waals surface area contributed by atoms with Gasteiger partial charge in [0, 0.05) is 22.4 Å². The zero-order valence-electron chi connectivity index (χ0n) is 17.7. The number of hydrogen-bond donors (Lipinski definition) is 0. The predicted octanol–water partition coefficient (Wildman–Crippen LogP) is 4.32. The van der Waals surface area contributed by atoms with Crippen molar-refractivity contribution < 1.29 is 14.3 Å². The quantitative estimate of drug-likeness (QED) is 0.436. The van der Waals surface area contributed by atoms with E-state index in [1.807, 2.05) is 46.0 Å². The van der Waals surface area contributed by atoms with Crippen molar-refractivity contribution in [3.05, 3.63) is 63.3 Å². The Balaban J connectivity index is 1.28. The molecule has 1 saturated heterocycles. The molecular weight excluding hydrogens is 458 g/mol. The maximum atomic E-state index is 13.3. The second-order valence-corrected chi connectivity index (χ2v) is 9.94. The smallest absolute Gasteiger partial charge is 0.263 e. The molecule has 1 fully saturated rings. The Morgan fingerprint density at radius 3 is 2.88 bits per heavy atom. The van der Waals surface area contributed by atoms with Crippen molar-refractivity contribution in [3.63, 3.8) is 0 Å². The van der Waals surface area contributed by atoms with Crippen LogP contribution in [0.15, 0.2) is 52.2 Å². The minimum atomic E-state index is -0.173. The van der Waals surface area contributed by atoms with E-state index in [2.05, 4.69) is 4.98 Å². The molecule has 1 aromatic carbocycles. The van der Waals surface area contributed by atoms with E-state index in [0.717, 1.165) is 40.3 Å². The number of amides is 1. The summed E-state index contributed by atoms with van der Waals surface area (Å²) >= 11 is 3.04. The molecule has 4 aromatic rings. The van der Waals surface area contributed by atoms with Gasteiger partial charge in [-0.1, -0.05) is 12.1 Å². The van der Waals surface area contributed by atoms with Gasteiger partial charge in [-0.05, 0) is 42.0 Å². The Morgan fingerprint density at radius 2 is 2.03 bits per heavy atom. The molecule has 0 saturated carbocycles. The first kappa shape index (κ1) is 20.4. The number of fused-ring (bicyclic) bond motifs is 2. The molecule has 2 aliphatic heterocycles. The molecule has 0 spiro atoms. The first-order valence-electron chi connectivity index (χ1n) is 10.9. The second-order valence-electron chi connectivity index (χ2n) is 8.13. The van der Waals surface area contributed by atoms with E-state index in [0.29, 0.717) is 30.0 Å². The van der Waals surface area contributed by atoms with Crippen molar-refractivity contribution in [2.75, 3.05) is 19.8 Å². The summed E-state index contributed by atoms with van der Waals surface area (Å²) in [5.74, 6) is 1.38. The normalized spacial score (nSPS) is 17.6. The van der Waals surface area contributed by atoms with Gasteiger partial charge >= 0.3 is 0 Å². The maximum Gasteiger partial charge on any atom is 0.263 e. The highest BCUT2D eigenvalue weighted by Gasteiger charge is 2.31. The molecule has 33 heavy (non-hydrogen) atoms. The Labute approximate surface area is 197 Å². The Hall–Kier alpha value is -3.17. The minimum Gasteiger partial charge on any atom is -0.486 e. The molecule has 6 rings (SSSR count). The second kappa shape index (κ2) is 8.31. The van der Waals surface area contributed by atoms with Crippen molar-refractivity contribution in [2.45, 2.75) is 25.4 Å². The molecule has 0 N–H and O–H groups in total. The third-order valence-corrected chi connectivity index (χ3v) is 7.97. The van der Waals surface area contributed by atoms with Crippen LogP contribution in [0.4, 0.5) is 0 Å². The van der Waals surface area contributed by atoms with E-state index >= 15 is 0 Å². The SMILES string of the molecule is O=C(Cn1cnc2scc(-c3cccs3)c2c1=O)N1CCCC1c1ccc2c(c1)OCCO2. The molecule has 1 atom stereocenters. The van der Waals surface area contributed by atoms with Crippen LogP contribution >= 0.6 is 22.7 Å². The molecule has 0 aliphatic carbocycles. The van der Waals surface area contributed by atoms with Crippen LogP contribution < -0.4 is 15.0 Å². The minimum absolute atomic E-state index is 0.0252. The first-order chi connectivity index (χ1) is 16.2. The highest BCUT2D eigenvalue weighted by Crippen LogP contribution is 2.38. The number of ether oxygens (including phenoxy) is 2. The van der Waals surface area contributed by atoms with E-state index in [4.69, 9.17) is 9.47 Å². The number of nitrogens with zero attached hydrogens (tertiary/aromatic N) is 3. The van der Waals surface area contributed by atoms with Gasteiger partial charge in [0.05, 0.1) is 17.8 Å².